The maximum atomic E-state index is 12.0. The minimum atomic E-state index is -0.451. The quantitative estimate of drug-likeness (QED) is 0.794. The minimum Gasteiger partial charge on any atom is -0.444 e. The molecule has 0 radical (unpaired) electrons. The van der Waals surface area contributed by atoms with Crippen molar-refractivity contribution >= 4 is 17.7 Å². The average molecular weight is 327 g/mol. The molecule has 2 heterocycles. The van der Waals surface area contributed by atoms with E-state index in [1.807, 2.05) is 26.8 Å². The summed E-state index contributed by atoms with van der Waals surface area (Å²) < 4.78 is 11.1. The Labute approximate surface area is 136 Å². The maximum absolute atomic E-state index is 12.0. The van der Waals surface area contributed by atoms with Gasteiger partial charge in [-0.2, -0.15) is 0 Å². The van der Waals surface area contributed by atoms with Crippen LogP contribution in [0.1, 0.15) is 32.8 Å². The van der Waals surface area contributed by atoms with Crippen LogP contribution in [-0.2, 0) is 16.1 Å². The van der Waals surface area contributed by atoms with Crippen molar-refractivity contribution in [2.24, 2.45) is 5.92 Å². The lowest BCUT2D eigenvalue weighted by Gasteiger charge is -2.24. The molecule has 122 valence electrons. The topological polar surface area (TPSA) is 51.7 Å². The molecular weight excluding hydrogens is 304 g/mol. The molecule has 5 nitrogen and oxygen atoms in total. The van der Waals surface area contributed by atoms with E-state index in [4.69, 9.17) is 21.1 Å². The number of hydrogen-bond donors (Lipinski definition) is 0. The fourth-order valence-electron chi connectivity index (χ4n) is 2.30. The highest BCUT2D eigenvalue weighted by Gasteiger charge is 2.29. The number of rotatable bonds is 4. The Morgan fingerprint density at radius 2 is 2.23 bits per heavy atom. The van der Waals surface area contributed by atoms with Gasteiger partial charge >= 0.3 is 6.09 Å². The van der Waals surface area contributed by atoms with E-state index in [2.05, 4.69) is 4.98 Å². The van der Waals surface area contributed by atoms with Crippen LogP contribution >= 0.6 is 11.6 Å². The van der Waals surface area contributed by atoms with Crippen molar-refractivity contribution in [3.05, 3.63) is 29.0 Å². The van der Waals surface area contributed by atoms with Gasteiger partial charge in [-0.05, 0) is 38.8 Å². The van der Waals surface area contributed by atoms with Gasteiger partial charge in [0.1, 0.15) is 10.8 Å². The molecular formula is C16H23ClN2O3. The van der Waals surface area contributed by atoms with Crippen LogP contribution in [0.5, 0.6) is 0 Å². The van der Waals surface area contributed by atoms with Crippen LogP contribution in [0.2, 0.25) is 5.15 Å². The van der Waals surface area contributed by atoms with Crippen molar-refractivity contribution in [3.8, 4) is 0 Å². The predicted octanol–water partition coefficient (Wildman–Crippen LogP) is 3.51. The first-order valence-electron chi connectivity index (χ1n) is 7.49. The van der Waals surface area contributed by atoms with Gasteiger partial charge < -0.3 is 14.4 Å². The summed E-state index contributed by atoms with van der Waals surface area (Å²) in [6, 6.07) is 3.65. The van der Waals surface area contributed by atoms with E-state index in [-0.39, 0.29) is 6.09 Å². The third-order valence-corrected chi connectivity index (χ3v) is 3.57. The summed E-state index contributed by atoms with van der Waals surface area (Å²) in [5, 5.41) is 0.479. The highest BCUT2D eigenvalue weighted by Crippen LogP contribution is 2.20. The molecule has 1 saturated heterocycles. The average Bonchev–Trinajstić information content (AvgIpc) is 2.88. The number of ether oxygens (including phenoxy) is 2. The second kappa shape index (κ2) is 7.29. The van der Waals surface area contributed by atoms with Crippen LogP contribution < -0.4 is 0 Å². The Morgan fingerprint density at radius 1 is 1.45 bits per heavy atom. The molecule has 22 heavy (non-hydrogen) atoms. The second-order valence-corrected chi connectivity index (χ2v) is 6.97. The first kappa shape index (κ1) is 17.0. The smallest absolute Gasteiger partial charge is 0.410 e. The Morgan fingerprint density at radius 3 is 2.86 bits per heavy atom. The molecule has 2 rings (SSSR count). The van der Waals surface area contributed by atoms with Gasteiger partial charge in [0.2, 0.25) is 0 Å². The van der Waals surface area contributed by atoms with Gasteiger partial charge in [-0.3, -0.25) is 0 Å². The highest BCUT2D eigenvalue weighted by molar-refractivity contribution is 6.29. The molecule has 0 aromatic carbocycles. The van der Waals surface area contributed by atoms with E-state index in [9.17, 15) is 4.79 Å². The number of hydrogen-bond acceptors (Lipinski definition) is 4. The van der Waals surface area contributed by atoms with Gasteiger partial charge in [-0.1, -0.05) is 17.7 Å². The molecule has 0 bridgehead atoms. The summed E-state index contributed by atoms with van der Waals surface area (Å²) in [5.74, 6) is 0.354. The van der Waals surface area contributed by atoms with Crippen molar-refractivity contribution in [1.29, 1.82) is 0 Å². The molecule has 0 spiro atoms. The lowest BCUT2D eigenvalue weighted by atomic mass is 10.1. The zero-order valence-electron chi connectivity index (χ0n) is 13.3. The number of likely N-dealkylation sites (tertiary alicyclic amines) is 1. The summed E-state index contributed by atoms with van der Waals surface area (Å²) in [5.41, 5.74) is 0.541. The zero-order chi connectivity index (χ0) is 16.2. The molecule has 0 saturated carbocycles. The number of carbonyl (C=O) groups excluding carboxylic acids is 1. The Hall–Kier alpha value is -1.33. The Balaban J connectivity index is 1.70. The predicted molar refractivity (Wildman–Crippen MR) is 84.8 cm³/mol. The number of pyridine rings is 1. The number of amides is 1. The summed E-state index contributed by atoms with van der Waals surface area (Å²) in [6.45, 7) is 8.18. The molecule has 1 aliphatic rings. The van der Waals surface area contributed by atoms with Crippen molar-refractivity contribution in [1.82, 2.24) is 9.88 Å². The lowest BCUT2D eigenvalue weighted by molar-refractivity contribution is 0.0271. The fourth-order valence-corrected chi connectivity index (χ4v) is 2.41. The van der Waals surface area contributed by atoms with Crippen LogP contribution in [0.4, 0.5) is 4.79 Å². The van der Waals surface area contributed by atoms with E-state index >= 15 is 0 Å². The van der Waals surface area contributed by atoms with Gasteiger partial charge in [-0.15, -0.1) is 0 Å². The second-order valence-electron chi connectivity index (χ2n) is 6.59. The molecule has 1 unspecified atom stereocenters. The summed E-state index contributed by atoms with van der Waals surface area (Å²) in [6.07, 6.45) is 2.42. The minimum absolute atomic E-state index is 0.239. The Kier molecular flexibility index (Phi) is 5.64. The van der Waals surface area contributed by atoms with E-state index in [1.54, 1.807) is 17.2 Å². The molecule has 1 atom stereocenters. The van der Waals surface area contributed by atoms with E-state index in [1.165, 1.54) is 0 Å². The third kappa shape index (κ3) is 5.46. The monoisotopic (exact) mass is 326 g/mol. The van der Waals surface area contributed by atoms with Gasteiger partial charge in [0, 0.05) is 25.2 Å². The first-order chi connectivity index (χ1) is 10.3. The van der Waals surface area contributed by atoms with Crippen LogP contribution in [0.15, 0.2) is 18.3 Å². The van der Waals surface area contributed by atoms with Gasteiger partial charge in [-0.25, -0.2) is 9.78 Å². The molecule has 1 aromatic rings. The molecule has 1 fully saturated rings. The van der Waals surface area contributed by atoms with Crippen molar-refractivity contribution < 1.29 is 14.3 Å². The van der Waals surface area contributed by atoms with Gasteiger partial charge in [0.05, 0.1) is 13.2 Å². The van der Waals surface area contributed by atoms with Crippen molar-refractivity contribution in [3.63, 3.8) is 0 Å². The first-order valence-corrected chi connectivity index (χ1v) is 7.87. The lowest BCUT2D eigenvalue weighted by Crippen LogP contribution is -2.35. The van der Waals surface area contributed by atoms with Crippen LogP contribution in [-0.4, -0.2) is 41.3 Å². The molecule has 1 aromatic heterocycles. The molecule has 1 amide bonds. The number of carbonyl (C=O) groups is 1. The van der Waals surface area contributed by atoms with Crippen LogP contribution in [0.3, 0.4) is 0 Å². The zero-order valence-corrected chi connectivity index (χ0v) is 14.1. The summed E-state index contributed by atoms with van der Waals surface area (Å²) in [7, 11) is 0. The van der Waals surface area contributed by atoms with Crippen LogP contribution in [0, 0.1) is 5.92 Å². The SMILES string of the molecule is CC(C)(C)OC(=O)N1CCC(COCc2ccc(Cl)nc2)C1. The molecule has 0 aliphatic carbocycles. The molecule has 6 heteroatoms. The third-order valence-electron chi connectivity index (χ3n) is 3.35. The van der Waals surface area contributed by atoms with E-state index in [0.717, 1.165) is 18.5 Å². The van der Waals surface area contributed by atoms with E-state index in [0.29, 0.717) is 30.8 Å². The molecule has 1 aliphatic heterocycles. The van der Waals surface area contributed by atoms with E-state index < -0.39 is 5.60 Å². The highest BCUT2D eigenvalue weighted by atomic mass is 35.5. The Bertz CT molecular complexity index is 499. The number of aromatic nitrogens is 1. The number of nitrogens with zero attached hydrogens (tertiary/aromatic N) is 2. The maximum Gasteiger partial charge on any atom is 0.410 e. The fraction of sp³-hybridized carbons (Fsp3) is 0.625. The molecule has 0 N–H and O–H groups in total. The van der Waals surface area contributed by atoms with Crippen molar-refractivity contribution in [2.45, 2.75) is 39.4 Å². The van der Waals surface area contributed by atoms with Crippen molar-refractivity contribution in [2.75, 3.05) is 19.7 Å². The standard InChI is InChI=1S/C16H23ClN2O3/c1-16(2,3)22-15(20)19-7-6-13(9-19)11-21-10-12-4-5-14(17)18-8-12/h4-5,8,13H,6-7,9-11H2,1-3H3. The summed E-state index contributed by atoms with van der Waals surface area (Å²) in [4.78, 5) is 17.7. The largest absolute Gasteiger partial charge is 0.444 e. The van der Waals surface area contributed by atoms with Gasteiger partial charge in [0.25, 0.3) is 0 Å². The number of halogens is 1. The normalized spacial score (nSPS) is 18.5. The van der Waals surface area contributed by atoms with Gasteiger partial charge in [0.15, 0.2) is 0 Å². The van der Waals surface area contributed by atoms with Crippen LogP contribution in [0.25, 0.3) is 0 Å². The summed E-state index contributed by atoms with van der Waals surface area (Å²) >= 11 is 5.74.